The van der Waals surface area contributed by atoms with E-state index in [0.29, 0.717) is 0 Å². The zero-order valence-corrected chi connectivity index (χ0v) is 13.5. The molecule has 1 aromatic rings. The topological polar surface area (TPSA) is 61.4 Å². The molecule has 2 N–H and O–H groups in total. The zero-order chi connectivity index (χ0) is 16.1. The van der Waals surface area contributed by atoms with Gasteiger partial charge in [0, 0.05) is 18.3 Å². The Morgan fingerprint density at radius 1 is 1.09 bits per heavy atom. The molecule has 0 atom stereocenters. The Bertz CT molecular complexity index is 567. The number of nitrogens with zero attached hydrogens (tertiary/aromatic N) is 1. The van der Waals surface area contributed by atoms with Crippen LogP contribution in [0.4, 0.5) is 10.5 Å². The Hall–Kier alpha value is -2.04. The summed E-state index contributed by atoms with van der Waals surface area (Å²) in [5.74, 6) is -0.0454. The molecule has 0 spiro atoms. The average molecular weight is 315 g/mol. The van der Waals surface area contributed by atoms with E-state index in [1.54, 1.807) is 4.90 Å². The number of para-hydroxylation sites is 1. The van der Waals surface area contributed by atoms with E-state index in [1.165, 1.54) is 24.8 Å². The molecule has 1 aliphatic heterocycles. The van der Waals surface area contributed by atoms with Gasteiger partial charge in [-0.2, -0.15) is 0 Å². The minimum atomic E-state index is -0.226. The molecule has 3 amide bonds. The van der Waals surface area contributed by atoms with Gasteiger partial charge in [0.15, 0.2) is 0 Å². The van der Waals surface area contributed by atoms with Gasteiger partial charge in [0.05, 0.1) is 6.54 Å². The van der Waals surface area contributed by atoms with Crippen molar-refractivity contribution in [3.05, 3.63) is 29.8 Å². The third-order valence-corrected chi connectivity index (χ3v) is 4.75. The third-order valence-electron chi connectivity index (χ3n) is 4.75. The SMILES string of the molecule is O=C(NCC(=O)N1CCCc2ccccc21)NC1CCCCC1. The summed E-state index contributed by atoms with van der Waals surface area (Å²) >= 11 is 0. The van der Waals surface area contributed by atoms with Gasteiger partial charge in [0.1, 0.15) is 0 Å². The van der Waals surface area contributed by atoms with Crippen molar-refractivity contribution in [1.29, 1.82) is 0 Å². The summed E-state index contributed by atoms with van der Waals surface area (Å²) < 4.78 is 0. The first-order chi connectivity index (χ1) is 11.2. The normalized spacial score (nSPS) is 18.2. The molecular formula is C18H25N3O2. The Morgan fingerprint density at radius 2 is 1.87 bits per heavy atom. The Kier molecular flexibility index (Phi) is 5.16. The molecular weight excluding hydrogens is 290 g/mol. The average Bonchev–Trinajstić information content (AvgIpc) is 2.60. The van der Waals surface area contributed by atoms with E-state index in [2.05, 4.69) is 16.7 Å². The number of aryl methyl sites for hydroxylation is 1. The van der Waals surface area contributed by atoms with Crippen LogP contribution in [0.25, 0.3) is 0 Å². The van der Waals surface area contributed by atoms with E-state index in [0.717, 1.165) is 37.9 Å². The molecule has 0 aromatic heterocycles. The smallest absolute Gasteiger partial charge is 0.315 e. The van der Waals surface area contributed by atoms with Crippen molar-refractivity contribution in [1.82, 2.24) is 10.6 Å². The monoisotopic (exact) mass is 315 g/mol. The lowest BCUT2D eigenvalue weighted by atomic mass is 9.96. The number of fused-ring (bicyclic) bond motifs is 1. The van der Waals surface area contributed by atoms with Crippen molar-refractivity contribution >= 4 is 17.6 Å². The molecule has 0 saturated heterocycles. The van der Waals surface area contributed by atoms with Crippen molar-refractivity contribution in [2.24, 2.45) is 0 Å². The van der Waals surface area contributed by atoms with Gasteiger partial charge in [-0.1, -0.05) is 37.5 Å². The Labute approximate surface area is 137 Å². The van der Waals surface area contributed by atoms with Gasteiger partial charge in [0.2, 0.25) is 5.91 Å². The van der Waals surface area contributed by atoms with Gasteiger partial charge >= 0.3 is 6.03 Å². The third kappa shape index (κ3) is 4.03. The van der Waals surface area contributed by atoms with Crippen molar-refractivity contribution in [3.8, 4) is 0 Å². The first-order valence-corrected chi connectivity index (χ1v) is 8.66. The van der Waals surface area contributed by atoms with Crippen LogP contribution < -0.4 is 15.5 Å². The molecule has 0 bridgehead atoms. The molecule has 124 valence electrons. The Balaban J connectivity index is 1.50. The highest BCUT2D eigenvalue weighted by Crippen LogP contribution is 2.26. The fourth-order valence-corrected chi connectivity index (χ4v) is 3.53. The van der Waals surface area contributed by atoms with Crippen LogP contribution in [-0.4, -0.2) is 31.1 Å². The zero-order valence-electron chi connectivity index (χ0n) is 13.5. The molecule has 1 fully saturated rings. The summed E-state index contributed by atoms with van der Waals surface area (Å²) in [6.45, 7) is 0.772. The second-order valence-corrected chi connectivity index (χ2v) is 6.44. The van der Waals surface area contributed by atoms with Crippen molar-refractivity contribution in [2.75, 3.05) is 18.0 Å². The van der Waals surface area contributed by atoms with E-state index < -0.39 is 0 Å². The van der Waals surface area contributed by atoms with Gasteiger partial charge in [-0.3, -0.25) is 4.79 Å². The molecule has 1 aliphatic carbocycles. The molecule has 1 aromatic carbocycles. The highest BCUT2D eigenvalue weighted by molar-refractivity contribution is 5.97. The lowest BCUT2D eigenvalue weighted by molar-refractivity contribution is -0.117. The first kappa shape index (κ1) is 15.8. The number of urea groups is 1. The summed E-state index contributed by atoms with van der Waals surface area (Å²) in [5, 5.41) is 5.69. The van der Waals surface area contributed by atoms with Gasteiger partial charge in [-0.15, -0.1) is 0 Å². The van der Waals surface area contributed by atoms with Crippen molar-refractivity contribution < 1.29 is 9.59 Å². The van der Waals surface area contributed by atoms with Crippen LogP contribution in [0.2, 0.25) is 0 Å². The van der Waals surface area contributed by atoms with Gasteiger partial charge in [-0.25, -0.2) is 4.79 Å². The number of benzene rings is 1. The maximum atomic E-state index is 12.4. The summed E-state index contributed by atoms with van der Waals surface area (Å²) in [5.41, 5.74) is 2.19. The largest absolute Gasteiger partial charge is 0.335 e. The molecule has 0 unspecified atom stereocenters. The standard InChI is InChI=1S/C18H25N3O2/c22-17(13-19-18(23)20-15-9-2-1-3-10-15)21-12-6-8-14-7-4-5-11-16(14)21/h4-5,7,11,15H,1-3,6,8-10,12-13H2,(H2,19,20,23). The van der Waals surface area contributed by atoms with E-state index in [-0.39, 0.29) is 24.5 Å². The summed E-state index contributed by atoms with van der Waals surface area (Å²) in [6, 6.07) is 8.04. The number of amides is 3. The van der Waals surface area contributed by atoms with Gasteiger partial charge in [0.25, 0.3) is 0 Å². The summed E-state index contributed by atoms with van der Waals surface area (Å²) in [6.07, 6.45) is 7.67. The number of anilines is 1. The van der Waals surface area contributed by atoms with Crippen LogP contribution in [0.15, 0.2) is 24.3 Å². The van der Waals surface area contributed by atoms with Crippen LogP contribution in [0.1, 0.15) is 44.1 Å². The molecule has 0 radical (unpaired) electrons. The highest BCUT2D eigenvalue weighted by atomic mass is 16.2. The minimum Gasteiger partial charge on any atom is -0.335 e. The van der Waals surface area contributed by atoms with E-state index >= 15 is 0 Å². The van der Waals surface area contributed by atoms with E-state index in [4.69, 9.17) is 0 Å². The predicted molar refractivity (Wildman–Crippen MR) is 90.5 cm³/mol. The first-order valence-electron chi connectivity index (χ1n) is 8.66. The molecule has 3 rings (SSSR count). The molecule has 5 nitrogen and oxygen atoms in total. The molecule has 23 heavy (non-hydrogen) atoms. The lowest BCUT2D eigenvalue weighted by Crippen LogP contribution is -2.48. The number of carbonyl (C=O) groups excluding carboxylic acids is 2. The fourth-order valence-electron chi connectivity index (χ4n) is 3.53. The quantitative estimate of drug-likeness (QED) is 0.900. The van der Waals surface area contributed by atoms with Gasteiger partial charge in [-0.05, 0) is 37.3 Å². The number of carbonyl (C=O) groups is 2. The van der Waals surface area contributed by atoms with E-state index in [1.807, 2.05) is 18.2 Å². The summed E-state index contributed by atoms with van der Waals surface area (Å²) in [4.78, 5) is 26.2. The number of hydrogen-bond acceptors (Lipinski definition) is 2. The summed E-state index contributed by atoms with van der Waals surface area (Å²) in [7, 11) is 0. The van der Waals surface area contributed by atoms with Crippen LogP contribution >= 0.6 is 0 Å². The predicted octanol–water partition coefficient (Wildman–Crippen LogP) is 2.60. The van der Waals surface area contributed by atoms with Crippen LogP contribution in [0, 0.1) is 0 Å². The van der Waals surface area contributed by atoms with Crippen molar-refractivity contribution in [2.45, 2.75) is 51.0 Å². The molecule has 1 saturated carbocycles. The van der Waals surface area contributed by atoms with Gasteiger partial charge < -0.3 is 15.5 Å². The van der Waals surface area contributed by atoms with Crippen LogP contribution in [-0.2, 0) is 11.2 Å². The fraction of sp³-hybridized carbons (Fsp3) is 0.556. The molecule has 2 aliphatic rings. The number of nitrogens with one attached hydrogen (secondary N) is 2. The number of rotatable bonds is 3. The lowest BCUT2D eigenvalue weighted by Gasteiger charge is -2.29. The van der Waals surface area contributed by atoms with Crippen molar-refractivity contribution in [3.63, 3.8) is 0 Å². The van der Waals surface area contributed by atoms with Crippen LogP contribution in [0.5, 0.6) is 0 Å². The molecule has 1 heterocycles. The second-order valence-electron chi connectivity index (χ2n) is 6.44. The highest BCUT2D eigenvalue weighted by Gasteiger charge is 2.22. The molecule has 5 heteroatoms. The van der Waals surface area contributed by atoms with Crippen LogP contribution in [0.3, 0.4) is 0 Å². The minimum absolute atomic E-state index is 0.0454. The van der Waals surface area contributed by atoms with E-state index in [9.17, 15) is 9.59 Å². The maximum Gasteiger partial charge on any atom is 0.315 e. The second kappa shape index (κ2) is 7.49. The number of hydrogen-bond donors (Lipinski definition) is 2. The Morgan fingerprint density at radius 3 is 2.70 bits per heavy atom. The maximum absolute atomic E-state index is 12.4.